The lowest BCUT2D eigenvalue weighted by Gasteiger charge is -2.09. The van der Waals surface area contributed by atoms with Crippen molar-refractivity contribution in [3.63, 3.8) is 0 Å². The average molecular weight is 401 g/mol. The Morgan fingerprint density at radius 3 is 2.65 bits per heavy atom. The van der Waals surface area contributed by atoms with Crippen LogP contribution >= 0.6 is 0 Å². The second kappa shape index (κ2) is 8.13. The summed E-state index contributed by atoms with van der Waals surface area (Å²) >= 11 is 0. The van der Waals surface area contributed by atoms with Gasteiger partial charge in [-0.2, -0.15) is 5.26 Å². The zero-order valence-corrected chi connectivity index (χ0v) is 16.7. The number of rotatable bonds is 5. The molecule has 0 unspecified atom stereocenters. The van der Waals surface area contributed by atoms with Gasteiger partial charge in [-0.1, -0.05) is 54.6 Å². The maximum atomic E-state index is 9.40. The number of benzene rings is 3. The van der Waals surface area contributed by atoms with E-state index in [1.165, 1.54) is 5.56 Å². The van der Waals surface area contributed by atoms with Crippen molar-refractivity contribution in [2.75, 3.05) is 0 Å². The highest BCUT2D eigenvalue weighted by Gasteiger charge is 2.11. The lowest BCUT2D eigenvalue weighted by atomic mass is 9.95. The van der Waals surface area contributed by atoms with Gasteiger partial charge in [0.25, 0.3) is 0 Å². The van der Waals surface area contributed by atoms with Gasteiger partial charge in [0.15, 0.2) is 5.82 Å². The molecule has 0 radical (unpaired) electrons. The number of hydrogen-bond acceptors (Lipinski definition) is 3. The Kier molecular flexibility index (Phi) is 4.88. The smallest absolute Gasteiger partial charge is 0.161 e. The summed E-state index contributed by atoms with van der Waals surface area (Å²) in [7, 11) is 0. The first kappa shape index (κ1) is 18.6. The fourth-order valence-electron chi connectivity index (χ4n) is 3.75. The highest BCUT2D eigenvalue weighted by molar-refractivity contribution is 5.89. The Morgan fingerprint density at radius 1 is 0.903 bits per heavy atom. The first-order chi connectivity index (χ1) is 15.3. The topological polar surface area (TPSA) is 81.2 Å². The van der Waals surface area contributed by atoms with Crippen molar-refractivity contribution in [1.29, 1.82) is 5.26 Å². The largest absolute Gasteiger partial charge is 0.361 e. The van der Waals surface area contributed by atoms with Crippen LogP contribution in [0.3, 0.4) is 0 Å². The highest BCUT2D eigenvalue weighted by Crippen LogP contribution is 2.29. The van der Waals surface area contributed by atoms with E-state index >= 15 is 0 Å². The average Bonchev–Trinajstić information content (AvgIpc) is 3.47. The third kappa shape index (κ3) is 3.87. The number of hydrogen-bond donors (Lipinski definition) is 2. The third-order valence-corrected chi connectivity index (χ3v) is 5.27. The number of nitriles is 1. The molecular formula is C26H19N5. The number of aromatic nitrogens is 4. The van der Waals surface area contributed by atoms with Gasteiger partial charge in [-0.05, 0) is 51.9 Å². The molecule has 2 heterocycles. The van der Waals surface area contributed by atoms with Crippen molar-refractivity contribution in [2.45, 2.75) is 6.42 Å². The van der Waals surface area contributed by atoms with E-state index in [9.17, 15) is 5.26 Å². The van der Waals surface area contributed by atoms with E-state index in [1.807, 2.05) is 66.9 Å². The molecule has 5 heteroatoms. The Morgan fingerprint density at radius 2 is 1.77 bits per heavy atom. The summed E-state index contributed by atoms with van der Waals surface area (Å²) in [6.45, 7) is 0. The van der Waals surface area contributed by atoms with Gasteiger partial charge in [0, 0.05) is 29.8 Å². The summed E-state index contributed by atoms with van der Waals surface area (Å²) in [6, 6.07) is 28.6. The van der Waals surface area contributed by atoms with Crippen LogP contribution in [0.15, 0.2) is 91.1 Å². The second-order valence-corrected chi connectivity index (χ2v) is 7.33. The van der Waals surface area contributed by atoms with Crippen molar-refractivity contribution >= 4 is 16.5 Å². The molecule has 148 valence electrons. The van der Waals surface area contributed by atoms with Crippen LogP contribution in [0.5, 0.6) is 0 Å². The summed E-state index contributed by atoms with van der Waals surface area (Å²) in [5.41, 5.74) is 6.00. The van der Waals surface area contributed by atoms with Crippen molar-refractivity contribution in [1.82, 2.24) is 20.2 Å². The Balaban J connectivity index is 1.47. The minimum atomic E-state index is 0.698. The summed E-state index contributed by atoms with van der Waals surface area (Å²) in [5, 5.41) is 19.2. The number of nitrogens with zero attached hydrogens (tertiary/aromatic N) is 3. The molecule has 0 fully saturated rings. The van der Waals surface area contributed by atoms with Gasteiger partial charge < -0.3 is 9.97 Å². The summed E-state index contributed by atoms with van der Waals surface area (Å²) in [4.78, 5) is 6.53. The lowest BCUT2D eigenvalue weighted by molar-refractivity contribution is 0.973. The Bertz CT molecular complexity index is 1420. The monoisotopic (exact) mass is 401 g/mol. The van der Waals surface area contributed by atoms with Crippen LogP contribution in [-0.4, -0.2) is 20.2 Å². The standard InChI is InChI=1S/C26H19N5/c27-13-11-23(20-9-10-24-21(16-20)12-14-28-24)19-7-4-8-22(17-19)26-29-25(30-31-26)15-18-5-2-1-3-6-18/h1-12,14,16-17,28H,15H2,(H,29,30,31)/b23-11+. The van der Waals surface area contributed by atoms with E-state index in [2.05, 4.69) is 44.4 Å². The summed E-state index contributed by atoms with van der Waals surface area (Å²) in [6.07, 6.45) is 4.21. The van der Waals surface area contributed by atoms with E-state index in [4.69, 9.17) is 0 Å². The lowest BCUT2D eigenvalue weighted by Crippen LogP contribution is -1.91. The normalized spacial score (nSPS) is 11.5. The van der Waals surface area contributed by atoms with Crippen LogP contribution in [0.2, 0.25) is 0 Å². The zero-order valence-electron chi connectivity index (χ0n) is 16.7. The third-order valence-electron chi connectivity index (χ3n) is 5.27. The molecule has 5 aromatic rings. The Hall–Kier alpha value is -4.43. The molecule has 0 saturated heterocycles. The molecule has 5 nitrogen and oxygen atoms in total. The predicted molar refractivity (Wildman–Crippen MR) is 122 cm³/mol. The van der Waals surface area contributed by atoms with Gasteiger partial charge >= 0.3 is 0 Å². The first-order valence-electron chi connectivity index (χ1n) is 10.0. The molecule has 0 aliphatic carbocycles. The van der Waals surface area contributed by atoms with Gasteiger partial charge in [0.2, 0.25) is 0 Å². The number of fused-ring (bicyclic) bond motifs is 1. The molecular weight excluding hydrogens is 382 g/mol. The van der Waals surface area contributed by atoms with Gasteiger partial charge in [-0.15, -0.1) is 10.2 Å². The van der Waals surface area contributed by atoms with E-state index in [1.54, 1.807) is 6.08 Å². The fourth-order valence-corrected chi connectivity index (χ4v) is 3.75. The molecule has 31 heavy (non-hydrogen) atoms. The van der Waals surface area contributed by atoms with Crippen molar-refractivity contribution in [3.05, 3.63) is 114 Å². The van der Waals surface area contributed by atoms with Gasteiger partial charge in [0.05, 0.1) is 6.07 Å². The van der Waals surface area contributed by atoms with Crippen molar-refractivity contribution in [3.8, 4) is 17.5 Å². The molecule has 0 spiro atoms. The van der Waals surface area contributed by atoms with E-state index in [0.29, 0.717) is 12.2 Å². The van der Waals surface area contributed by atoms with Crippen LogP contribution in [0.1, 0.15) is 22.5 Å². The molecule has 2 aromatic heterocycles. The minimum Gasteiger partial charge on any atom is -0.361 e. The fraction of sp³-hybridized carbons (Fsp3) is 0.0385. The van der Waals surface area contributed by atoms with Crippen molar-refractivity contribution in [2.24, 2.45) is 0 Å². The van der Waals surface area contributed by atoms with Crippen LogP contribution in [0.4, 0.5) is 0 Å². The van der Waals surface area contributed by atoms with Crippen LogP contribution in [-0.2, 0) is 6.42 Å². The second-order valence-electron chi connectivity index (χ2n) is 7.33. The molecule has 0 atom stereocenters. The van der Waals surface area contributed by atoms with Crippen molar-refractivity contribution < 1.29 is 0 Å². The highest BCUT2D eigenvalue weighted by atomic mass is 15.2. The summed E-state index contributed by atoms with van der Waals surface area (Å²) < 4.78 is 0. The zero-order chi connectivity index (χ0) is 21.0. The number of aromatic amines is 2. The minimum absolute atomic E-state index is 0.698. The molecule has 2 N–H and O–H groups in total. The molecule has 5 rings (SSSR count). The molecule has 0 saturated carbocycles. The van der Waals surface area contributed by atoms with E-state index in [-0.39, 0.29) is 0 Å². The van der Waals surface area contributed by atoms with Gasteiger partial charge in [0.1, 0.15) is 5.82 Å². The van der Waals surface area contributed by atoms with Gasteiger partial charge in [-0.3, -0.25) is 0 Å². The number of nitrogens with one attached hydrogen (secondary N) is 2. The quantitative estimate of drug-likeness (QED) is 0.382. The molecule has 0 aliphatic heterocycles. The van der Waals surface area contributed by atoms with E-state index in [0.717, 1.165) is 39.0 Å². The maximum absolute atomic E-state index is 9.40. The number of allylic oxidation sites excluding steroid dienone is 1. The molecule has 0 aliphatic rings. The van der Waals surface area contributed by atoms with Crippen LogP contribution in [0.25, 0.3) is 27.9 Å². The molecule has 0 bridgehead atoms. The number of H-pyrrole nitrogens is 2. The van der Waals surface area contributed by atoms with E-state index < -0.39 is 0 Å². The van der Waals surface area contributed by atoms with Crippen LogP contribution < -0.4 is 0 Å². The SMILES string of the molecule is N#C/C=C(\c1cccc(-c2nnc(Cc3ccccc3)[nH]2)c1)c1ccc2[nH]ccc2c1. The van der Waals surface area contributed by atoms with Gasteiger partial charge in [-0.25, -0.2) is 0 Å². The predicted octanol–water partition coefficient (Wildman–Crippen LogP) is 5.50. The molecule has 3 aromatic carbocycles. The maximum Gasteiger partial charge on any atom is 0.161 e. The Labute approximate surface area is 179 Å². The van der Waals surface area contributed by atoms with Crippen LogP contribution in [0, 0.1) is 11.3 Å². The summed E-state index contributed by atoms with van der Waals surface area (Å²) in [5.74, 6) is 1.53. The first-order valence-corrected chi connectivity index (χ1v) is 10.0. The molecule has 0 amide bonds.